The van der Waals surface area contributed by atoms with Gasteiger partial charge in [0.05, 0.1) is 13.2 Å². The Morgan fingerprint density at radius 3 is 2.22 bits per heavy atom. The van der Waals surface area contributed by atoms with Crippen LogP contribution in [0.1, 0.15) is 0 Å². The van der Waals surface area contributed by atoms with Crippen LogP contribution in [-0.2, 0) is 9.47 Å². The molecule has 2 rings (SSSR count). The molecule has 0 aliphatic heterocycles. The van der Waals surface area contributed by atoms with Gasteiger partial charge in [-0.3, -0.25) is 0 Å². The van der Waals surface area contributed by atoms with E-state index >= 15 is 0 Å². The number of hydrogen-bond donors (Lipinski definition) is 1. The monoisotopic (exact) mass is 334 g/mol. The Morgan fingerprint density at radius 1 is 0.957 bits per heavy atom. The molecule has 23 heavy (non-hydrogen) atoms. The molecule has 0 fully saturated rings. The van der Waals surface area contributed by atoms with Crippen molar-refractivity contribution in [1.82, 2.24) is 0 Å². The van der Waals surface area contributed by atoms with Crippen molar-refractivity contribution < 1.29 is 9.47 Å². The summed E-state index contributed by atoms with van der Waals surface area (Å²) in [5, 5.41) is 0.706. The van der Waals surface area contributed by atoms with E-state index in [-0.39, 0.29) is 0 Å². The smallest absolute Gasteiger partial charge is 0.0637 e. The zero-order valence-corrected chi connectivity index (χ0v) is 14.3. The Balaban J connectivity index is 2.45. The predicted molar refractivity (Wildman–Crippen MR) is 97.3 cm³/mol. The Hall–Kier alpha value is -1.75. The molecule has 4 nitrogen and oxygen atoms in total. The maximum Gasteiger partial charge on any atom is 0.0637 e. The lowest BCUT2D eigenvalue weighted by molar-refractivity contribution is 0.190. The fraction of sp³-hybridized carbons (Fsp3) is 0.333. The van der Waals surface area contributed by atoms with Gasteiger partial charge >= 0.3 is 0 Å². The van der Waals surface area contributed by atoms with Crippen molar-refractivity contribution in [2.45, 2.75) is 0 Å². The third-order valence-electron chi connectivity index (χ3n) is 3.66. The number of halogens is 1. The number of rotatable bonds is 8. The maximum atomic E-state index is 6.39. The molecular formula is C18H23ClN2O2. The van der Waals surface area contributed by atoms with Crippen molar-refractivity contribution in [3.05, 3.63) is 47.5 Å². The SMILES string of the molecule is COCCN(CCOC)c1ccc(N)cc1-c1ccccc1Cl. The molecule has 0 aromatic heterocycles. The Bertz CT molecular complexity index is 626. The predicted octanol–water partition coefficient (Wildman–Crippen LogP) is 3.69. The zero-order chi connectivity index (χ0) is 16.7. The van der Waals surface area contributed by atoms with Crippen LogP contribution in [0.15, 0.2) is 42.5 Å². The summed E-state index contributed by atoms with van der Waals surface area (Å²) in [6.45, 7) is 2.80. The summed E-state index contributed by atoms with van der Waals surface area (Å²) in [5.41, 5.74) is 9.77. The van der Waals surface area contributed by atoms with Crippen LogP contribution in [0.3, 0.4) is 0 Å². The molecule has 0 aliphatic carbocycles. The van der Waals surface area contributed by atoms with Crippen LogP contribution in [0.4, 0.5) is 11.4 Å². The number of ether oxygens (including phenoxy) is 2. The van der Waals surface area contributed by atoms with Crippen LogP contribution in [0.5, 0.6) is 0 Å². The molecule has 0 saturated heterocycles. The van der Waals surface area contributed by atoms with E-state index in [1.165, 1.54) is 0 Å². The third kappa shape index (κ3) is 4.61. The van der Waals surface area contributed by atoms with Crippen molar-refractivity contribution in [3.8, 4) is 11.1 Å². The number of hydrogen-bond acceptors (Lipinski definition) is 4. The lowest BCUT2D eigenvalue weighted by Gasteiger charge is -2.27. The second kappa shape index (κ2) is 8.77. The van der Waals surface area contributed by atoms with E-state index in [0.29, 0.717) is 23.9 Å². The van der Waals surface area contributed by atoms with Gasteiger partial charge in [-0.25, -0.2) is 0 Å². The van der Waals surface area contributed by atoms with E-state index in [9.17, 15) is 0 Å². The maximum absolute atomic E-state index is 6.39. The molecule has 0 saturated carbocycles. The molecule has 0 spiro atoms. The highest BCUT2D eigenvalue weighted by Gasteiger charge is 2.15. The largest absolute Gasteiger partial charge is 0.399 e. The Labute approximate surface area is 142 Å². The summed E-state index contributed by atoms with van der Waals surface area (Å²) in [7, 11) is 3.40. The quantitative estimate of drug-likeness (QED) is 0.748. The number of anilines is 2. The van der Waals surface area contributed by atoms with Gasteiger partial charge in [0.2, 0.25) is 0 Å². The summed E-state index contributed by atoms with van der Waals surface area (Å²) in [6.07, 6.45) is 0. The van der Waals surface area contributed by atoms with E-state index in [4.69, 9.17) is 26.8 Å². The second-order valence-corrected chi connectivity index (χ2v) is 5.64. The van der Waals surface area contributed by atoms with Crippen molar-refractivity contribution in [2.75, 3.05) is 51.2 Å². The molecule has 2 aromatic carbocycles. The first kappa shape index (κ1) is 17.6. The lowest BCUT2D eigenvalue weighted by Crippen LogP contribution is -2.31. The number of nitrogen functional groups attached to an aromatic ring is 1. The molecular weight excluding hydrogens is 312 g/mol. The molecule has 0 unspecified atom stereocenters. The zero-order valence-electron chi connectivity index (χ0n) is 13.6. The number of nitrogens with two attached hydrogens (primary N) is 1. The van der Waals surface area contributed by atoms with Gasteiger partial charge in [-0.2, -0.15) is 0 Å². The van der Waals surface area contributed by atoms with Crippen molar-refractivity contribution in [3.63, 3.8) is 0 Å². The van der Waals surface area contributed by atoms with Crippen molar-refractivity contribution in [2.24, 2.45) is 0 Å². The van der Waals surface area contributed by atoms with Crippen LogP contribution in [0.25, 0.3) is 11.1 Å². The van der Waals surface area contributed by atoms with Gasteiger partial charge in [0.15, 0.2) is 0 Å². The molecule has 0 radical (unpaired) electrons. The molecule has 124 valence electrons. The van der Waals surface area contributed by atoms with E-state index in [1.54, 1.807) is 14.2 Å². The lowest BCUT2D eigenvalue weighted by atomic mass is 10.0. The molecule has 2 aromatic rings. The van der Waals surface area contributed by atoms with Gasteiger partial charge < -0.3 is 20.1 Å². The van der Waals surface area contributed by atoms with E-state index in [0.717, 1.165) is 29.9 Å². The van der Waals surface area contributed by atoms with Crippen LogP contribution in [-0.4, -0.2) is 40.5 Å². The summed E-state index contributed by atoms with van der Waals surface area (Å²) < 4.78 is 10.5. The molecule has 0 aliphatic rings. The first-order valence-electron chi connectivity index (χ1n) is 7.54. The van der Waals surface area contributed by atoms with Crippen molar-refractivity contribution >= 4 is 23.0 Å². The normalized spacial score (nSPS) is 10.7. The molecule has 5 heteroatoms. The number of nitrogens with zero attached hydrogens (tertiary/aromatic N) is 1. The minimum absolute atomic E-state index is 0.635. The van der Waals surface area contributed by atoms with E-state index in [2.05, 4.69) is 4.90 Å². The first-order valence-corrected chi connectivity index (χ1v) is 7.92. The second-order valence-electron chi connectivity index (χ2n) is 5.23. The molecule has 0 bridgehead atoms. The van der Waals surface area contributed by atoms with Gasteiger partial charge in [0.1, 0.15) is 0 Å². The third-order valence-corrected chi connectivity index (χ3v) is 3.99. The molecule has 2 N–H and O–H groups in total. The first-order chi connectivity index (χ1) is 11.2. The van der Waals surface area contributed by atoms with Crippen LogP contribution >= 0.6 is 11.6 Å². The van der Waals surface area contributed by atoms with Gasteiger partial charge in [0, 0.05) is 54.8 Å². The molecule has 0 amide bonds. The minimum Gasteiger partial charge on any atom is -0.399 e. The topological polar surface area (TPSA) is 47.7 Å². The average Bonchev–Trinajstić information content (AvgIpc) is 2.56. The van der Waals surface area contributed by atoms with E-state index in [1.807, 2.05) is 42.5 Å². The van der Waals surface area contributed by atoms with Crippen LogP contribution in [0, 0.1) is 0 Å². The van der Waals surface area contributed by atoms with Crippen LogP contribution < -0.4 is 10.6 Å². The fourth-order valence-corrected chi connectivity index (χ4v) is 2.72. The molecule has 0 heterocycles. The summed E-state index contributed by atoms with van der Waals surface area (Å²) in [6, 6.07) is 13.7. The summed E-state index contributed by atoms with van der Waals surface area (Å²) in [5.74, 6) is 0. The Morgan fingerprint density at radius 2 is 1.61 bits per heavy atom. The highest BCUT2D eigenvalue weighted by molar-refractivity contribution is 6.33. The Kier molecular flexibility index (Phi) is 6.71. The summed E-state index contributed by atoms with van der Waals surface area (Å²) in [4.78, 5) is 2.23. The van der Waals surface area contributed by atoms with Gasteiger partial charge in [-0.05, 0) is 24.3 Å². The standard InChI is InChI=1S/C18H23ClN2O2/c1-22-11-9-21(10-12-23-2)18-8-7-14(20)13-16(18)15-5-3-4-6-17(15)19/h3-8,13H,9-12,20H2,1-2H3. The van der Waals surface area contributed by atoms with Crippen LogP contribution in [0.2, 0.25) is 5.02 Å². The number of benzene rings is 2. The fourth-order valence-electron chi connectivity index (χ4n) is 2.48. The average molecular weight is 335 g/mol. The van der Waals surface area contributed by atoms with Crippen molar-refractivity contribution in [1.29, 1.82) is 0 Å². The minimum atomic E-state index is 0.635. The van der Waals surface area contributed by atoms with Gasteiger partial charge in [-0.15, -0.1) is 0 Å². The number of methoxy groups -OCH3 is 2. The van der Waals surface area contributed by atoms with E-state index < -0.39 is 0 Å². The highest BCUT2D eigenvalue weighted by atomic mass is 35.5. The highest BCUT2D eigenvalue weighted by Crippen LogP contribution is 2.36. The molecule has 0 atom stereocenters. The van der Waals surface area contributed by atoms with Gasteiger partial charge in [0.25, 0.3) is 0 Å². The summed E-state index contributed by atoms with van der Waals surface area (Å²) >= 11 is 6.39. The van der Waals surface area contributed by atoms with Gasteiger partial charge in [-0.1, -0.05) is 29.8 Å².